The van der Waals surface area contributed by atoms with Crippen LogP contribution in [-0.2, 0) is 14.3 Å². The first-order valence-corrected chi connectivity index (χ1v) is 7.39. The zero-order chi connectivity index (χ0) is 14.7. The second-order valence-electron chi connectivity index (χ2n) is 5.62. The summed E-state index contributed by atoms with van der Waals surface area (Å²) in [5.41, 5.74) is 0. The number of ether oxygens (including phenoxy) is 2. The summed E-state index contributed by atoms with van der Waals surface area (Å²) < 4.78 is 16.1. The molecule has 3 heterocycles. The lowest BCUT2D eigenvalue weighted by Gasteiger charge is -2.34. The Balaban J connectivity index is 1.48. The van der Waals surface area contributed by atoms with Gasteiger partial charge in [-0.25, -0.2) is 0 Å². The largest absolute Gasteiger partial charge is 0.360 e. The molecule has 2 aliphatic heterocycles. The summed E-state index contributed by atoms with van der Waals surface area (Å²) in [5.74, 6) is 1.42. The van der Waals surface area contributed by atoms with Crippen LogP contribution in [0.25, 0.3) is 0 Å². The van der Waals surface area contributed by atoms with Gasteiger partial charge in [-0.15, -0.1) is 0 Å². The third-order valence-corrected chi connectivity index (χ3v) is 3.84. The number of amides is 1. The van der Waals surface area contributed by atoms with E-state index < -0.39 is 0 Å². The number of anilines is 1. The summed E-state index contributed by atoms with van der Waals surface area (Å²) in [5, 5.41) is 6.51. The number of rotatable bonds is 4. The van der Waals surface area contributed by atoms with E-state index in [1.165, 1.54) is 0 Å². The van der Waals surface area contributed by atoms with Crippen LogP contribution in [-0.4, -0.2) is 55.1 Å². The van der Waals surface area contributed by atoms with E-state index in [1.54, 1.807) is 13.0 Å². The van der Waals surface area contributed by atoms with Crippen LogP contribution in [0.4, 0.5) is 5.82 Å². The lowest BCUT2D eigenvalue weighted by molar-refractivity contribution is -0.121. The van der Waals surface area contributed by atoms with Crippen molar-refractivity contribution in [3.05, 3.63) is 11.8 Å². The molecule has 2 saturated heterocycles. The fourth-order valence-electron chi connectivity index (χ4n) is 2.92. The van der Waals surface area contributed by atoms with Crippen LogP contribution in [0.3, 0.4) is 0 Å². The van der Waals surface area contributed by atoms with E-state index in [2.05, 4.69) is 15.4 Å². The maximum Gasteiger partial charge on any atom is 0.239 e. The molecule has 116 valence electrons. The lowest BCUT2D eigenvalue weighted by Crippen LogP contribution is -2.44. The van der Waals surface area contributed by atoms with Crippen molar-refractivity contribution in [2.75, 3.05) is 38.2 Å². The number of hydrogen-bond acceptors (Lipinski definition) is 6. The van der Waals surface area contributed by atoms with Crippen molar-refractivity contribution < 1.29 is 18.8 Å². The standard InChI is InChI=1S/C14H21N3O4/c1-10-7-12(16-21-10)15-13(18)9-17-4-2-3-11(8-17)14-19-5-6-20-14/h7,11,14H,2-6,8-9H2,1H3,(H,15,16,18). The molecule has 0 bridgehead atoms. The van der Waals surface area contributed by atoms with Gasteiger partial charge < -0.3 is 19.3 Å². The Labute approximate surface area is 123 Å². The highest BCUT2D eigenvalue weighted by molar-refractivity contribution is 5.91. The van der Waals surface area contributed by atoms with Crippen molar-refractivity contribution in [1.29, 1.82) is 0 Å². The van der Waals surface area contributed by atoms with Gasteiger partial charge in [0.15, 0.2) is 12.1 Å². The minimum Gasteiger partial charge on any atom is -0.360 e. The van der Waals surface area contributed by atoms with E-state index in [1.807, 2.05) is 0 Å². The summed E-state index contributed by atoms with van der Waals surface area (Å²) >= 11 is 0. The van der Waals surface area contributed by atoms with Crippen LogP contribution >= 0.6 is 0 Å². The average Bonchev–Trinajstić information content (AvgIpc) is 3.11. The van der Waals surface area contributed by atoms with Crippen LogP contribution in [0.15, 0.2) is 10.6 Å². The normalized spacial score (nSPS) is 24.3. The van der Waals surface area contributed by atoms with Crippen molar-refractivity contribution in [2.24, 2.45) is 5.92 Å². The SMILES string of the molecule is Cc1cc(NC(=O)CN2CCCC(C3OCCO3)C2)no1. The first kappa shape index (κ1) is 14.5. The number of likely N-dealkylation sites (tertiary alicyclic amines) is 1. The highest BCUT2D eigenvalue weighted by atomic mass is 16.7. The fraction of sp³-hybridized carbons (Fsp3) is 0.714. The maximum atomic E-state index is 12.0. The van der Waals surface area contributed by atoms with Gasteiger partial charge in [0.2, 0.25) is 5.91 Å². The fourth-order valence-corrected chi connectivity index (χ4v) is 2.92. The molecule has 7 nitrogen and oxygen atoms in total. The Hall–Kier alpha value is -1.44. The van der Waals surface area contributed by atoms with E-state index in [9.17, 15) is 4.79 Å². The summed E-state index contributed by atoms with van der Waals surface area (Å²) in [7, 11) is 0. The monoisotopic (exact) mass is 295 g/mol. The van der Waals surface area contributed by atoms with Crippen molar-refractivity contribution in [1.82, 2.24) is 10.1 Å². The highest BCUT2D eigenvalue weighted by Crippen LogP contribution is 2.24. The highest BCUT2D eigenvalue weighted by Gasteiger charge is 2.31. The molecule has 1 amide bonds. The zero-order valence-corrected chi connectivity index (χ0v) is 12.2. The predicted molar refractivity (Wildman–Crippen MR) is 74.7 cm³/mol. The smallest absolute Gasteiger partial charge is 0.239 e. The van der Waals surface area contributed by atoms with Gasteiger partial charge in [-0.3, -0.25) is 9.69 Å². The molecule has 1 unspecified atom stereocenters. The van der Waals surface area contributed by atoms with Gasteiger partial charge in [0.05, 0.1) is 19.8 Å². The number of piperidine rings is 1. The predicted octanol–water partition coefficient (Wildman–Crippen LogP) is 1.01. The van der Waals surface area contributed by atoms with Crippen LogP contribution in [0, 0.1) is 12.8 Å². The van der Waals surface area contributed by atoms with E-state index in [0.717, 1.165) is 25.9 Å². The minimum absolute atomic E-state index is 0.0720. The second-order valence-corrected chi connectivity index (χ2v) is 5.62. The van der Waals surface area contributed by atoms with Crippen molar-refractivity contribution in [3.8, 4) is 0 Å². The van der Waals surface area contributed by atoms with E-state index in [0.29, 0.717) is 37.3 Å². The topological polar surface area (TPSA) is 76.8 Å². The lowest BCUT2D eigenvalue weighted by atomic mass is 9.97. The van der Waals surface area contributed by atoms with E-state index in [4.69, 9.17) is 14.0 Å². The van der Waals surface area contributed by atoms with Crippen LogP contribution < -0.4 is 5.32 Å². The van der Waals surface area contributed by atoms with Crippen molar-refractivity contribution in [3.63, 3.8) is 0 Å². The molecule has 0 aliphatic carbocycles. The molecule has 21 heavy (non-hydrogen) atoms. The Morgan fingerprint density at radius 3 is 3.00 bits per heavy atom. The second kappa shape index (κ2) is 6.55. The number of hydrogen-bond donors (Lipinski definition) is 1. The molecule has 0 saturated carbocycles. The molecular formula is C14H21N3O4. The van der Waals surface area contributed by atoms with Gasteiger partial charge >= 0.3 is 0 Å². The zero-order valence-electron chi connectivity index (χ0n) is 12.2. The number of nitrogens with one attached hydrogen (secondary N) is 1. The van der Waals surface area contributed by atoms with Crippen molar-refractivity contribution >= 4 is 11.7 Å². The molecule has 1 atom stereocenters. The van der Waals surface area contributed by atoms with E-state index in [-0.39, 0.29) is 12.2 Å². The minimum atomic E-state index is -0.103. The van der Waals surface area contributed by atoms with Gasteiger partial charge in [0.25, 0.3) is 0 Å². The van der Waals surface area contributed by atoms with Crippen LogP contribution in [0.5, 0.6) is 0 Å². The van der Waals surface area contributed by atoms with Gasteiger partial charge in [0, 0.05) is 18.5 Å². The molecule has 1 N–H and O–H groups in total. The Bertz CT molecular complexity index is 484. The van der Waals surface area contributed by atoms with Crippen LogP contribution in [0.1, 0.15) is 18.6 Å². The summed E-state index contributed by atoms with van der Waals surface area (Å²) in [6.07, 6.45) is 2.05. The molecule has 2 aliphatic rings. The number of aromatic nitrogens is 1. The molecule has 0 aromatic carbocycles. The Morgan fingerprint density at radius 2 is 2.29 bits per heavy atom. The third kappa shape index (κ3) is 3.81. The molecule has 3 rings (SSSR count). The number of carbonyl (C=O) groups excluding carboxylic acids is 1. The molecule has 7 heteroatoms. The first-order valence-electron chi connectivity index (χ1n) is 7.39. The van der Waals surface area contributed by atoms with E-state index >= 15 is 0 Å². The molecule has 2 fully saturated rings. The maximum absolute atomic E-state index is 12.0. The summed E-state index contributed by atoms with van der Waals surface area (Å²) in [4.78, 5) is 14.2. The summed E-state index contributed by atoms with van der Waals surface area (Å²) in [6.45, 7) is 5.25. The van der Waals surface area contributed by atoms with Gasteiger partial charge in [-0.05, 0) is 26.3 Å². The Morgan fingerprint density at radius 1 is 1.48 bits per heavy atom. The quantitative estimate of drug-likeness (QED) is 0.893. The summed E-state index contributed by atoms with van der Waals surface area (Å²) in [6, 6.07) is 1.71. The average molecular weight is 295 g/mol. The molecular weight excluding hydrogens is 274 g/mol. The number of nitrogens with zero attached hydrogens (tertiary/aromatic N) is 2. The molecule has 1 aromatic heterocycles. The third-order valence-electron chi connectivity index (χ3n) is 3.84. The first-order chi connectivity index (χ1) is 10.2. The van der Waals surface area contributed by atoms with Gasteiger partial charge in [0.1, 0.15) is 5.76 Å². The van der Waals surface area contributed by atoms with Gasteiger partial charge in [-0.2, -0.15) is 0 Å². The molecule has 0 radical (unpaired) electrons. The number of aryl methyl sites for hydroxylation is 1. The molecule has 0 spiro atoms. The van der Waals surface area contributed by atoms with Gasteiger partial charge in [-0.1, -0.05) is 5.16 Å². The number of carbonyl (C=O) groups is 1. The van der Waals surface area contributed by atoms with Crippen LogP contribution in [0.2, 0.25) is 0 Å². The Kier molecular flexibility index (Phi) is 4.52. The molecule has 1 aromatic rings. The van der Waals surface area contributed by atoms with Crippen molar-refractivity contribution in [2.45, 2.75) is 26.1 Å².